The Morgan fingerprint density at radius 2 is 1.80 bits per heavy atom. The summed E-state index contributed by atoms with van der Waals surface area (Å²) in [6.45, 7) is -0.764. The molecule has 15 heavy (non-hydrogen) atoms. The molecule has 0 saturated carbocycles. The van der Waals surface area contributed by atoms with Crippen LogP contribution in [0, 0.1) is 0 Å². The molecule has 1 aromatic carbocycles. The second-order valence-electron chi connectivity index (χ2n) is 2.53. The van der Waals surface area contributed by atoms with Crippen molar-refractivity contribution in [3.63, 3.8) is 0 Å². The molecule has 0 saturated heterocycles. The Hall–Kier alpha value is -0.740. The Kier molecular flexibility index (Phi) is 4.42. The van der Waals surface area contributed by atoms with E-state index in [0.717, 1.165) is 0 Å². The number of benzene rings is 1. The van der Waals surface area contributed by atoms with Gasteiger partial charge in [0.15, 0.2) is 5.75 Å². The molecule has 0 N–H and O–H groups in total. The molecule has 0 aliphatic heterocycles. The molecule has 0 aliphatic carbocycles. The first-order valence-corrected chi connectivity index (χ1v) is 4.86. The number of halogens is 4. The lowest BCUT2D eigenvalue weighted by Crippen LogP contribution is -2.02. The number of alkyl halides is 2. The normalized spacial score (nSPS) is 10.5. The molecule has 6 heteroatoms. The molecule has 0 atom stereocenters. The predicted molar refractivity (Wildman–Crippen MR) is 54.3 cm³/mol. The monoisotopic (exact) mass is 256 g/mol. The van der Waals surface area contributed by atoms with Gasteiger partial charge in [-0.15, -0.1) is 0 Å². The molecule has 0 unspecified atom stereocenters. The summed E-state index contributed by atoms with van der Waals surface area (Å²) in [5.74, 6) is 0.172. The maximum absolute atomic E-state index is 11.9. The van der Waals surface area contributed by atoms with Gasteiger partial charge in [-0.1, -0.05) is 23.2 Å². The van der Waals surface area contributed by atoms with Gasteiger partial charge in [-0.25, -0.2) is 0 Å². The third-order valence-corrected chi connectivity index (χ3v) is 2.05. The first-order chi connectivity index (χ1) is 7.04. The highest BCUT2D eigenvalue weighted by Crippen LogP contribution is 2.37. The smallest absolute Gasteiger partial charge is 0.387 e. The van der Waals surface area contributed by atoms with Crippen LogP contribution < -0.4 is 9.47 Å². The van der Waals surface area contributed by atoms with Crippen LogP contribution in [-0.4, -0.2) is 13.2 Å². The molecular weight excluding hydrogens is 249 g/mol. The fraction of sp³-hybridized carbons (Fsp3) is 0.333. The molecule has 0 aromatic heterocycles. The van der Waals surface area contributed by atoms with Crippen LogP contribution in [0.4, 0.5) is 8.78 Å². The zero-order valence-corrected chi connectivity index (χ0v) is 9.28. The van der Waals surface area contributed by atoms with Crippen molar-refractivity contribution in [1.29, 1.82) is 0 Å². The fourth-order valence-electron chi connectivity index (χ4n) is 0.990. The lowest BCUT2D eigenvalue weighted by Gasteiger charge is -2.10. The van der Waals surface area contributed by atoms with E-state index in [-0.39, 0.29) is 21.5 Å². The van der Waals surface area contributed by atoms with Crippen molar-refractivity contribution in [2.24, 2.45) is 0 Å². The highest BCUT2D eigenvalue weighted by atomic mass is 35.5. The number of hydrogen-bond donors (Lipinski definition) is 0. The van der Waals surface area contributed by atoms with Gasteiger partial charge >= 0.3 is 6.61 Å². The second kappa shape index (κ2) is 5.37. The Morgan fingerprint density at radius 3 is 2.20 bits per heavy atom. The Balaban J connectivity index is 2.97. The van der Waals surface area contributed by atoms with Crippen LogP contribution in [0.25, 0.3) is 0 Å². The van der Waals surface area contributed by atoms with Gasteiger partial charge < -0.3 is 9.47 Å². The van der Waals surface area contributed by atoms with Gasteiger partial charge in [0.25, 0.3) is 0 Å². The number of ether oxygens (including phenoxy) is 2. The van der Waals surface area contributed by atoms with E-state index in [1.54, 1.807) is 6.92 Å². The van der Waals surface area contributed by atoms with Crippen molar-refractivity contribution in [1.82, 2.24) is 0 Å². The van der Waals surface area contributed by atoms with Crippen LogP contribution in [0.2, 0.25) is 10.0 Å². The summed E-state index contributed by atoms with van der Waals surface area (Å²) in [4.78, 5) is 0. The van der Waals surface area contributed by atoms with E-state index in [0.29, 0.717) is 6.61 Å². The lowest BCUT2D eigenvalue weighted by atomic mass is 10.3. The minimum Gasteiger partial charge on any atom is -0.491 e. The van der Waals surface area contributed by atoms with Gasteiger partial charge in [0.05, 0.1) is 16.7 Å². The second-order valence-corrected chi connectivity index (χ2v) is 3.34. The first kappa shape index (κ1) is 12.3. The summed E-state index contributed by atoms with van der Waals surface area (Å²) in [6.07, 6.45) is 0. The van der Waals surface area contributed by atoms with Crippen LogP contribution in [0.15, 0.2) is 12.1 Å². The standard InChI is InChI=1S/C9H8Cl2F2O2/c1-2-14-8-6(10)3-5(4-7(8)11)15-9(12)13/h3-4,9H,2H2,1H3. The average Bonchev–Trinajstić information content (AvgIpc) is 2.10. The largest absolute Gasteiger partial charge is 0.491 e. The summed E-state index contributed by atoms with van der Waals surface area (Å²) in [5, 5.41) is 0.278. The van der Waals surface area contributed by atoms with Crippen LogP contribution in [0.1, 0.15) is 6.92 Å². The van der Waals surface area contributed by atoms with Gasteiger partial charge in [-0.3, -0.25) is 0 Å². The van der Waals surface area contributed by atoms with Crippen LogP contribution in [0.3, 0.4) is 0 Å². The van der Waals surface area contributed by atoms with Crippen molar-refractivity contribution in [3.8, 4) is 11.5 Å². The summed E-state index contributed by atoms with van der Waals surface area (Å²) in [5.41, 5.74) is 0. The first-order valence-electron chi connectivity index (χ1n) is 4.11. The van der Waals surface area contributed by atoms with E-state index < -0.39 is 6.61 Å². The maximum Gasteiger partial charge on any atom is 0.387 e. The van der Waals surface area contributed by atoms with E-state index in [1.165, 1.54) is 12.1 Å². The molecule has 0 bridgehead atoms. The molecule has 1 rings (SSSR count). The zero-order valence-electron chi connectivity index (χ0n) is 7.77. The summed E-state index contributed by atoms with van der Waals surface area (Å²) in [7, 11) is 0. The van der Waals surface area contributed by atoms with Gasteiger partial charge in [0, 0.05) is 12.1 Å². The van der Waals surface area contributed by atoms with E-state index in [1.807, 2.05) is 0 Å². The fourth-order valence-corrected chi connectivity index (χ4v) is 1.57. The van der Waals surface area contributed by atoms with E-state index in [4.69, 9.17) is 27.9 Å². The molecule has 0 fully saturated rings. The van der Waals surface area contributed by atoms with Gasteiger partial charge in [0.2, 0.25) is 0 Å². The predicted octanol–water partition coefficient (Wildman–Crippen LogP) is 3.99. The zero-order chi connectivity index (χ0) is 11.4. The van der Waals surface area contributed by atoms with Crippen LogP contribution in [0.5, 0.6) is 11.5 Å². The quantitative estimate of drug-likeness (QED) is 0.811. The van der Waals surface area contributed by atoms with Gasteiger partial charge in [-0.05, 0) is 6.92 Å². The molecule has 2 nitrogen and oxygen atoms in total. The van der Waals surface area contributed by atoms with Crippen molar-refractivity contribution in [2.75, 3.05) is 6.61 Å². The van der Waals surface area contributed by atoms with Gasteiger partial charge in [0.1, 0.15) is 5.75 Å². The van der Waals surface area contributed by atoms with Gasteiger partial charge in [-0.2, -0.15) is 8.78 Å². The third kappa shape index (κ3) is 3.39. The Morgan fingerprint density at radius 1 is 1.27 bits per heavy atom. The number of hydrogen-bond acceptors (Lipinski definition) is 2. The molecular formula is C9H8Cl2F2O2. The van der Waals surface area contributed by atoms with E-state index in [2.05, 4.69) is 4.74 Å². The molecule has 84 valence electrons. The molecule has 0 heterocycles. The van der Waals surface area contributed by atoms with Crippen molar-refractivity contribution < 1.29 is 18.3 Å². The van der Waals surface area contributed by atoms with E-state index >= 15 is 0 Å². The Labute approximate surface area is 95.7 Å². The third-order valence-electron chi connectivity index (χ3n) is 1.49. The van der Waals surface area contributed by atoms with Crippen molar-refractivity contribution in [3.05, 3.63) is 22.2 Å². The van der Waals surface area contributed by atoms with Crippen molar-refractivity contribution in [2.45, 2.75) is 13.5 Å². The minimum atomic E-state index is -2.91. The SMILES string of the molecule is CCOc1c(Cl)cc(OC(F)F)cc1Cl. The van der Waals surface area contributed by atoms with Crippen LogP contribution >= 0.6 is 23.2 Å². The molecule has 1 aromatic rings. The molecule has 0 spiro atoms. The molecule has 0 amide bonds. The molecule has 0 aliphatic rings. The molecule has 0 radical (unpaired) electrons. The summed E-state index contributed by atoms with van der Waals surface area (Å²) in [6, 6.07) is 2.45. The van der Waals surface area contributed by atoms with Crippen molar-refractivity contribution >= 4 is 23.2 Å². The highest BCUT2D eigenvalue weighted by molar-refractivity contribution is 6.37. The maximum atomic E-state index is 11.9. The minimum absolute atomic E-state index is 0.0940. The van der Waals surface area contributed by atoms with E-state index in [9.17, 15) is 8.78 Å². The number of rotatable bonds is 4. The van der Waals surface area contributed by atoms with Crippen LogP contribution in [-0.2, 0) is 0 Å². The lowest BCUT2D eigenvalue weighted by molar-refractivity contribution is -0.0498. The highest BCUT2D eigenvalue weighted by Gasteiger charge is 2.12. The topological polar surface area (TPSA) is 18.5 Å². The average molecular weight is 257 g/mol. The Bertz CT molecular complexity index is 322. The summed E-state index contributed by atoms with van der Waals surface area (Å²) < 4.78 is 33.1. The summed E-state index contributed by atoms with van der Waals surface area (Å²) >= 11 is 11.5.